The van der Waals surface area contributed by atoms with Gasteiger partial charge in [-0.3, -0.25) is 0 Å². The fourth-order valence-corrected chi connectivity index (χ4v) is 4.90. The Balaban J connectivity index is 1.95. The molecule has 3 aliphatic rings. The molecule has 3 heteroatoms. The lowest BCUT2D eigenvalue weighted by Gasteiger charge is -2.49. The molecule has 0 heterocycles. The van der Waals surface area contributed by atoms with Gasteiger partial charge >= 0.3 is 0 Å². The molecule has 3 aliphatic carbocycles. The maximum absolute atomic E-state index is 6.46. The van der Waals surface area contributed by atoms with E-state index in [1.807, 2.05) is 12.1 Å². The van der Waals surface area contributed by atoms with Crippen molar-refractivity contribution in [3.8, 4) is 0 Å². The van der Waals surface area contributed by atoms with E-state index in [1.54, 1.807) is 0 Å². The molecule has 0 unspecified atom stereocenters. The third-order valence-corrected chi connectivity index (χ3v) is 5.71. The van der Waals surface area contributed by atoms with Crippen LogP contribution in [-0.4, -0.2) is 13.6 Å². The molecule has 1 aromatic carbocycles. The van der Waals surface area contributed by atoms with Crippen LogP contribution in [0.3, 0.4) is 0 Å². The highest BCUT2D eigenvalue weighted by Crippen LogP contribution is 2.54. The average molecular weight is 298 g/mol. The van der Waals surface area contributed by atoms with Gasteiger partial charge in [-0.2, -0.15) is 0 Å². The molecule has 1 aromatic rings. The monoisotopic (exact) mass is 297 g/mol. The summed E-state index contributed by atoms with van der Waals surface area (Å²) in [5.74, 6) is 3.03. The Labute approximate surface area is 125 Å². The maximum Gasteiger partial charge on any atom is 0.0455 e. The molecule has 2 bridgehead atoms. The van der Waals surface area contributed by atoms with Gasteiger partial charge in [0.05, 0.1) is 0 Å². The summed E-state index contributed by atoms with van der Waals surface area (Å²) in [4.78, 5) is 0. The van der Waals surface area contributed by atoms with E-state index < -0.39 is 0 Å². The van der Waals surface area contributed by atoms with Gasteiger partial charge < -0.3 is 5.32 Å². The van der Waals surface area contributed by atoms with E-state index in [0.29, 0.717) is 5.92 Å². The lowest BCUT2D eigenvalue weighted by atomic mass is 9.57. The molecule has 0 aromatic heterocycles. The molecule has 1 nitrogen and oxygen atoms in total. The summed E-state index contributed by atoms with van der Waals surface area (Å²) in [7, 11) is 2.06. The number of nitrogens with one attached hydrogen (secondary N) is 1. The first-order chi connectivity index (χ1) is 9.20. The first-order valence-corrected chi connectivity index (χ1v) is 8.06. The third-order valence-electron chi connectivity index (χ3n) is 5.15. The number of benzene rings is 1. The zero-order valence-corrected chi connectivity index (χ0v) is 12.8. The summed E-state index contributed by atoms with van der Waals surface area (Å²) in [6.45, 7) is 1.10. The molecule has 0 aliphatic heterocycles. The first kappa shape index (κ1) is 13.7. The van der Waals surface area contributed by atoms with Crippen molar-refractivity contribution in [1.82, 2.24) is 5.32 Å². The molecule has 0 saturated heterocycles. The largest absolute Gasteiger partial charge is 0.319 e. The van der Waals surface area contributed by atoms with E-state index in [4.69, 9.17) is 23.2 Å². The van der Waals surface area contributed by atoms with Gasteiger partial charge in [-0.15, -0.1) is 0 Å². The van der Waals surface area contributed by atoms with Gasteiger partial charge in [0.1, 0.15) is 0 Å². The van der Waals surface area contributed by atoms with Crippen molar-refractivity contribution in [2.45, 2.75) is 31.6 Å². The molecule has 19 heavy (non-hydrogen) atoms. The van der Waals surface area contributed by atoms with E-state index in [1.165, 1.54) is 31.2 Å². The Kier molecular flexibility index (Phi) is 4.07. The van der Waals surface area contributed by atoms with Crippen molar-refractivity contribution in [1.29, 1.82) is 0 Å². The van der Waals surface area contributed by atoms with Gasteiger partial charge in [0.15, 0.2) is 0 Å². The van der Waals surface area contributed by atoms with Crippen LogP contribution in [0.5, 0.6) is 0 Å². The highest BCUT2D eigenvalue weighted by molar-refractivity contribution is 6.35. The normalized spacial score (nSPS) is 33.6. The van der Waals surface area contributed by atoms with E-state index in [0.717, 1.165) is 34.3 Å². The minimum Gasteiger partial charge on any atom is -0.319 e. The maximum atomic E-state index is 6.46. The van der Waals surface area contributed by atoms with E-state index >= 15 is 0 Å². The molecular formula is C16H21Cl2N. The van der Waals surface area contributed by atoms with Crippen LogP contribution in [0, 0.1) is 17.8 Å². The fourth-order valence-electron chi connectivity index (χ4n) is 4.36. The summed E-state index contributed by atoms with van der Waals surface area (Å²) >= 11 is 12.5. The van der Waals surface area contributed by atoms with Crippen LogP contribution in [0.4, 0.5) is 0 Å². The van der Waals surface area contributed by atoms with Crippen molar-refractivity contribution in [2.75, 3.05) is 13.6 Å². The van der Waals surface area contributed by atoms with Crippen molar-refractivity contribution < 1.29 is 0 Å². The van der Waals surface area contributed by atoms with Gasteiger partial charge in [0.2, 0.25) is 0 Å². The van der Waals surface area contributed by atoms with Crippen LogP contribution in [0.25, 0.3) is 0 Å². The molecular weight excluding hydrogens is 277 g/mol. The quantitative estimate of drug-likeness (QED) is 0.850. The zero-order valence-electron chi connectivity index (χ0n) is 11.3. The van der Waals surface area contributed by atoms with Gasteiger partial charge in [0, 0.05) is 10.0 Å². The summed E-state index contributed by atoms with van der Waals surface area (Å²) < 4.78 is 0. The van der Waals surface area contributed by atoms with Crippen LogP contribution < -0.4 is 5.32 Å². The van der Waals surface area contributed by atoms with Crippen LogP contribution in [-0.2, 0) is 0 Å². The molecule has 1 N–H and O–H groups in total. The Bertz CT molecular complexity index is 452. The predicted octanol–water partition coefficient (Wildman–Crippen LogP) is 4.73. The average Bonchev–Trinajstić information content (AvgIpc) is 2.41. The van der Waals surface area contributed by atoms with Gasteiger partial charge in [-0.1, -0.05) is 29.3 Å². The lowest BCUT2D eigenvalue weighted by molar-refractivity contribution is 0.0688. The third kappa shape index (κ3) is 2.53. The molecule has 3 fully saturated rings. The van der Waals surface area contributed by atoms with Gasteiger partial charge in [-0.05, 0) is 80.6 Å². The number of hydrogen-bond acceptors (Lipinski definition) is 1. The summed E-state index contributed by atoms with van der Waals surface area (Å²) in [5.41, 5.74) is 1.32. The van der Waals surface area contributed by atoms with Gasteiger partial charge in [0.25, 0.3) is 0 Å². The Morgan fingerprint density at radius 1 is 1.11 bits per heavy atom. The van der Waals surface area contributed by atoms with Crippen molar-refractivity contribution >= 4 is 23.2 Å². The fraction of sp³-hybridized carbons (Fsp3) is 0.625. The summed E-state index contributed by atoms with van der Waals surface area (Å²) in [6, 6.07) is 6.04. The molecule has 4 rings (SSSR count). The van der Waals surface area contributed by atoms with Crippen molar-refractivity contribution in [3.05, 3.63) is 33.8 Å². The summed E-state index contributed by atoms with van der Waals surface area (Å²) in [5, 5.41) is 4.97. The lowest BCUT2D eigenvalue weighted by Crippen LogP contribution is -2.42. The molecule has 104 valence electrons. The number of hydrogen-bond donors (Lipinski definition) is 1. The Morgan fingerprint density at radius 2 is 1.79 bits per heavy atom. The van der Waals surface area contributed by atoms with E-state index in [2.05, 4.69) is 18.4 Å². The van der Waals surface area contributed by atoms with Crippen molar-refractivity contribution in [2.24, 2.45) is 17.8 Å². The van der Waals surface area contributed by atoms with Crippen LogP contribution in [0.1, 0.15) is 37.2 Å². The summed E-state index contributed by atoms with van der Waals surface area (Å²) in [6.07, 6.45) is 5.54. The first-order valence-electron chi connectivity index (χ1n) is 7.30. The number of rotatable bonds is 3. The molecule has 0 radical (unpaired) electrons. The molecule has 0 amide bonds. The standard InChI is InChI=1S/C16H21Cl2N/c1-19-9-14-10-2-4-11(5-3-10)16(14)13-7-6-12(17)8-15(13)18/h6-8,10-11,14,16,19H,2-5,9H2,1H3/t10?,11?,14-,16-/m1/s1. The molecule has 0 spiro atoms. The Morgan fingerprint density at radius 3 is 2.42 bits per heavy atom. The second-order valence-electron chi connectivity index (χ2n) is 6.09. The van der Waals surface area contributed by atoms with Crippen molar-refractivity contribution in [3.63, 3.8) is 0 Å². The zero-order chi connectivity index (χ0) is 13.4. The smallest absolute Gasteiger partial charge is 0.0455 e. The second kappa shape index (κ2) is 5.63. The Hall–Kier alpha value is -0.240. The SMILES string of the molecule is CNC[C@@H]1C2CCC(CC2)[C@@H]1c1ccc(Cl)cc1Cl. The number of fused-ring (bicyclic) bond motifs is 3. The highest BCUT2D eigenvalue weighted by atomic mass is 35.5. The van der Waals surface area contributed by atoms with E-state index in [9.17, 15) is 0 Å². The molecule has 2 atom stereocenters. The topological polar surface area (TPSA) is 12.0 Å². The van der Waals surface area contributed by atoms with Crippen LogP contribution in [0.15, 0.2) is 18.2 Å². The van der Waals surface area contributed by atoms with Crippen LogP contribution in [0.2, 0.25) is 10.0 Å². The molecule has 3 saturated carbocycles. The van der Waals surface area contributed by atoms with Gasteiger partial charge in [-0.25, -0.2) is 0 Å². The second-order valence-corrected chi connectivity index (χ2v) is 6.93. The number of halogens is 2. The van der Waals surface area contributed by atoms with Crippen LogP contribution >= 0.6 is 23.2 Å². The highest BCUT2D eigenvalue weighted by Gasteiger charge is 2.44. The van der Waals surface area contributed by atoms with E-state index in [-0.39, 0.29) is 0 Å². The predicted molar refractivity (Wildman–Crippen MR) is 82.1 cm³/mol. The minimum atomic E-state index is 0.615. The minimum absolute atomic E-state index is 0.615.